The van der Waals surface area contributed by atoms with Gasteiger partial charge in [0.2, 0.25) is 0 Å². The zero-order valence-electron chi connectivity index (χ0n) is 9.94. The number of anilines is 2. The first-order valence-electron chi connectivity index (χ1n) is 5.28. The van der Waals surface area contributed by atoms with Crippen molar-refractivity contribution in [2.75, 3.05) is 17.2 Å². The van der Waals surface area contributed by atoms with Crippen LogP contribution in [0.5, 0.6) is 0 Å². The fourth-order valence-corrected chi connectivity index (χ4v) is 1.52. The third-order valence-corrected chi connectivity index (χ3v) is 2.46. The number of nitrogen functional groups attached to an aromatic ring is 1. The Kier molecular flexibility index (Phi) is 4.06. The van der Waals surface area contributed by atoms with E-state index in [1.54, 1.807) is 0 Å². The number of aromatic nitrogens is 2. The molecule has 0 amide bonds. The van der Waals surface area contributed by atoms with E-state index in [0.29, 0.717) is 18.8 Å². The molecule has 1 heterocycles. The summed E-state index contributed by atoms with van der Waals surface area (Å²) in [6, 6.07) is 2.42. The van der Waals surface area contributed by atoms with E-state index < -0.39 is 0 Å². The Hall–Kier alpha value is -1.83. The van der Waals surface area contributed by atoms with Gasteiger partial charge in [0.25, 0.3) is 0 Å². The van der Waals surface area contributed by atoms with Crippen molar-refractivity contribution in [1.82, 2.24) is 9.97 Å². The molecule has 1 aromatic heterocycles. The van der Waals surface area contributed by atoms with Crippen LogP contribution in [0.15, 0.2) is 6.33 Å². The first-order valence-corrected chi connectivity index (χ1v) is 5.28. The van der Waals surface area contributed by atoms with Gasteiger partial charge in [0.05, 0.1) is 12.5 Å². The molecule has 0 aliphatic rings. The van der Waals surface area contributed by atoms with Gasteiger partial charge in [-0.15, -0.1) is 0 Å². The molecule has 0 spiro atoms. The minimum absolute atomic E-state index is 0.279. The summed E-state index contributed by atoms with van der Waals surface area (Å²) in [5.41, 5.74) is 6.61. The van der Waals surface area contributed by atoms with Gasteiger partial charge in [-0.3, -0.25) is 0 Å². The fourth-order valence-electron chi connectivity index (χ4n) is 1.52. The highest BCUT2D eigenvalue weighted by Crippen LogP contribution is 2.21. The summed E-state index contributed by atoms with van der Waals surface area (Å²) in [7, 11) is 0. The fraction of sp³-hybridized carbons (Fsp3) is 0.545. The van der Waals surface area contributed by atoms with Crippen molar-refractivity contribution in [3.05, 3.63) is 11.9 Å². The van der Waals surface area contributed by atoms with E-state index in [4.69, 9.17) is 11.0 Å². The van der Waals surface area contributed by atoms with E-state index in [0.717, 1.165) is 11.4 Å². The van der Waals surface area contributed by atoms with Crippen LogP contribution in [-0.4, -0.2) is 22.6 Å². The molecule has 5 nitrogen and oxygen atoms in total. The molecule has 1 aromatic rings. The summed E-state index contributed by atoms with van der Waals surface area (Å²) < 4.78 is 0. The van der Waals surface area contributed by atoms with Crippen molar-refractivity contribution in [2.24, 2.45) is 0 Å². The predicted molar refractivity (Wildman–Crippen MR) is 63.9 cm³/mol. The highest BCUT2D eigenvalue weighted by molar-refractivity contribution is 5.56. The summed E-state index contributed by atoms with van der Waals surface area (Å²) in [5, 5.41) is 8.63. The monoisotopic (exact) mass is 219 g/mol. The van der Waals surface area contributed by atoms with Crippen LogP contribution in [0.2, 0.25) is 0 Å². The summed E-state index contributed by atoms with van der Waals surface area (Å²) in [5.74, 6) is 1.31. The molecule has 86 valence electrons. The van der Waals surface area contributed by atoms with Crippen LogP contribution in [-0.2, 0) is 0 Å². The van der Waals surface area contributed by atoms with Gasteiger partial charge in [-0.05, 0) is 20.8 Å². The molecule has 0 aromatic carbocycles. The molecule has 0 saturated carbocycles. The molecule has 16 heavy (non-hydrogen) atoms. The van der Waals surface area contributed by atoms with E-state index in [-0.39, 0.29) is 6.04 Å². The van der Waals surface area contributed by atoms with Crippen LogP contribution < -0.4 is 10.6 Å². The second-order valence-electron chi connectivity index (χ2n) is 3.90. The lowest BCUT2D eigenvalue weighted by Crippen LogP contribution is -2.33. The number of nitrogens with zero attached hydrogens (tertiary/aromatic N) is 4. The van der Waals surface area contributed by atoms with Crippen LogP contribution in [0.25, 0.3) is 0 Å². The van der Waals surface area contributed by atoms with E-state index in [9.17, 15) is 0 Å². The molecule has 0 atom stereocenters. The standard InChI is InChI=1S/C11H17N5/c1-8(2)16(6-4-5-12)11-9(3)10(13)14-7-15-11/h7-8H,4,6H2,1-3H3,(H2,13,14,15). The number of rotatable bonds is 4. The third-order valence-electron chi connectivity index (χ3n) is 2.46. The molecular formula is C11H17N5. The highest BCUT2D eigenvalue weighted by atomic mass is 15.2. The van der Waals surface area contributed by atoms with E-state index in [2.05, 4.69) is 34.8 Å². The zero-order valence-corrected chi connectivity index (χ0v) is 9.94. The quantitative estimate of drug-likeness (QED) is 0.830. The second kappa shape index (κ2) is 5.31. The molecule has 0 aliphatic heterocycles. The summed E-state index contributed by atoms with van der Waals surface area (Å²) >= 11 is 0. The van der Waals surface area contributed by atoms with Crippen molar-refractivity contribution in [3.63, 3.8) is 0 Å². The normalized spacial score (nSPS) is 10.2. The van der Waals surface area contributed by atoms with Gasteiger partial charge in [-0.2, -0.15) is 5.26 Å². The summed E-state index contributed by atoms with van der Waals surface area (Å²) in [6.07, 6.45) is 1.93. The molecule has 1 rings (SSSR count). The smallest absolute Gasteiger partial charge is 0.137 e. The van der Waals surface area contributed by atoms with Crippen LogP contribution >= 0.6 is 0 Å². The Morgan fingerprint density at radius 2 is 2.19 bits per heavy atom. The van der Waals surface area contributed by atoms with Crippen LogP contribution in [0.1, 0.15) is 25.8 Å². The molecule has 0 unspecified atom stereocenters. The zero-order chi connectivity index (χ0) is 12.1. The third kappa shape index (κ3) is 2.60. The maximum absolute atomic E-state index is 8.63. The first-order chi connectivity index (χ1) is 7.57. The van der Waals surface area contributed by atoms with Gasteiger partial charge in [0, 0.05) is 18.2 Å². The molecule has 2 N–H and O–H groups in total. The average molecular weight is 219 g/mol. The van der Waals surface area contributed by atoms with Crippen molar-refractivity contribution >= 4 is 11.6 Å². The van der Waals surface area contributed by atoms with Gasteiger partial charge in [-0.25, -0.2) is 9.97 Å². The van der Waals surface area contributed by atoms with Crippen molar-refractivity contribution in [3.8, 4) is 6.07 Å². The minimum atomic E-state index is 0.279. The maximum atomic E-state index is 8.63. The SMILES string of the molecule is Cc1c(N)ncnc1N(CCC#N)C(C)C. The Balaban J connectivity index is 3.02. The second-order valence-corrected chi connectivity index (χ2v) is 3.90. The van der Waals surface area contributed by atoms with E-state index in [1.807, 2.05) is 6.92 Å². The maximum Gasteiger partial charge on any atom is 0.137 e. The Morgan fingerprint density at radius 1 is 1.50 bits per heavy atom. The summed E-state index contributed by atoms with van der Waals surface area (Å²) in [4.78, 5) is 10.2. The lowest BCUT2D eigenvalue weighted by Gasteiger charge is -2.28. The molecule has 0 aliphatic carbocycles. The number of nitriles is 1. The molecule has 5 heteroatoms. The lowest BCUT2D eigenvalue weighted by atomic mass is 10.2. The van der Waals surface area contributed by atoms with Gasteiger partial charge in [0.15, 0.2) is 0 Å². The molecule has 0 bridgehead atoms. The molecular weight excluding hydrogens is 202 g/mol. The molecule has 0 fully saturated rings. The number of hydrogen-bond donors (Lipinski definition) is 1. The summed E-state index contributed by atoms with van der Waals surface area (Å²) in [6.45, 7) is 6.68. The lowest BCUT2D eigenvalue weighted by molar-refractivity contribution is 0.673. The first kappa shape index (κ1) is 12.2. The Morgan fingerprint density at radius 3 is 2.75 bits per heavy atom. The van der Waals surface area contributed by atoms with Crippen molar-refractivity contribution in [2.45, 2.75) is 33.2 Å². The largest absolute Gasteiger partial charge is 0.383 e. The number of hydrogen-bond acceptors (Lipinski definition) is 5. The average Bonchev–Trinajstić information content (AvgIpc) is 2.24. The van der Waals surface area contributed by atoms with E-state index >= 15 is 0 Å². The minimum Gasteiger partial charge on any atom is -0.383 e. The molecule has 0 saturated heterocycles. The van der Waals surface area contributed by atoms with Crippen LogP contribution in [0.3, 0.4) is 0 Å². The number of nitrogens with two attached hydrogens (primary N) is 1. The van der Waals surface area contributed by atoms with Crippen LogP contribution in [0.4, 0.5) is 11.6 Å². The van der Waals surface area contributed by atoms with E-state index in [1.165, 1.54) is 6.33 Å². The van der Waals surface area contributed by atoms with Crippen LogP contribution in [0, 0.1) is 18.3 Å². The van der Waals surface area contributed by atoms with Gasteiger partial charge in [0.1, 0.15) is 18.0 Å². The van der Waals surface area contributed by atoms with Crippen molar-refractivity contribution < 1.29 is 0 Å². The van der Waals surface area contributed by atoms with Crippen molar-refractivity contribution in [1.29, 1.82) is 5.26 Å². The van der Waals surface area contributed by atoms with Gasteiger partial charge < -0.3 is 10.6 Å². The Bertz CT molecular complexity index is 394. The Labute approximate surface area is 95.9 Å². The predicted octanol–water partition coefficient (Wildman–Crippen LogP) is 1.50. The highest BCUT2D eigenvalue weighted by Gasteiger charge is 2.15. The molecule has 0 radical (unpaired) electrons. The van der Waals surface area contributed by atoms with Gasteiger partial charge in [-0.1, -0.05) is 0 Å². The topological polar surface area (TPSA) is 78.8 Å². The van der Waals surface area contributed by atoms with Gasteiger partial charge >= 0.3 is 0 Å².